The van der Waals surface area contributed by atoms with Crippen LogP contribution in [0.3, 0.4) is 0 Å². The third kappa shape index (κ3) is 12.2. The van der Waals surface area contributed by atoms with E-state index >= 15 is 0 Å². The molecule has 0 aliphatic carbocycles. The summed E-state index contributed by atoms with van der Waals surface area (Å²) in [5, 5.41) is 13.3. The van der Waals surface area contributed by atoms with E-state index in [1.54, 1.807) is 67.9 Å². The van der Waals surface area contributed by atoms with Crippen molar-refractivity contribution < 1.29 is 33.4 Å². The summed E-state index contributed by atoms with van der Waals surface area (Å²) < 4.78 is 18.6. The van der Waals surface area contributed by atoms with Crippen molar-refractivity contribution in [2.75, 3.05) is 54.7 Å². The van der Waals surface area contributed by atoms with E-state index in [-0.39, 0.29) is 43.5 Å². The van der Waals surface area contributed by atoms with E-state index in [2.05, 4.69) is 32.8 Å². The second-order valence-corrected chi connectivity index (χ2v) is 13.9. The summed E-state index contributed by atoms with van der Waals surface area (Å²) in [4.78, 5) is 55.2. The van der Waals surface area contributed by atoms with Crippen LogP contribution in [0.25, 0.3) is 6.08 Å². The number of hydrogen-bond donors (Lipinski definition) is 5. The molecule has 0 radical (unpaired) electrons. The number of carbonyl (C=O) groups excluding carboxylic acids is 4. The number of aryl methyl sites for hydroxylation is 2. The molecule has 16 heteroatoms. The Hall–Kier alpha value is -7.10. The van der Waals surface area contributed by atoms with Crippen molar-refractivity contribution in [1.29, 1.82) is 0 Å². The Bertz CT molecular complexity index is 2190. The monoisotopic (exact) mass is 793 g/mol. The second-order valence-electron chi connectivity index (χ2n) is 13.9. The summed E-state index contributed by atoms with van der Waals surface area (Å²) in [5.74, 6) is -0.319. The smallest absolute Gasteiger partial charge is 0.412 e. The van der Waals surface area contributed by atoms with E-state index in [4.69, 9.17) is 25.7 Å². The minimum Gasteiger partial charge on any atom is -0.494 e. The van der Waals surface area contributed by atoms with Gasteiger partial charge in [-0.2, -0.15) is 5.10 Å². The summed E-state index contributed by atoms with van der Waals surface area (Å²) in [6, 6.07) is 15.1. The van der Waals surface area contributed by atoms with Crippen LogP contribution in [0.2, 0.25) is 0 Å². The van der Waals surface area contributed by atoms with Gasteiger partial charge in [-0.25, -0.2) is 4.79 Å². The molecule has 3 aromatic carbocycles. The number of anilines is 4. The van der Waals surface area contributed by atoms with Crippen molar-refractivity contribution in [3.8, 4) is 11.5 Å². The third-order valence-electron chi connectivity index (χ3n) is 8.27. The molecule has 0 atom stereocenters. The molecule has 306 valence electrons. The molecule has 7 N–H and O–H groups in total. The molecule has 0 unspecified atom stereocenters. The number of aromatic nitrogens is 2. The van der Waals surface area contributed by atoms with Crippen LogP contribution in [0.15, 0.2) is 77.8 Å². The van der Waals surface area contributed by atoms with Gasteiger partial charge in [0, 0.05) is 36.4 Å². The first-order valence-corrected chi connectivity index (χ1v) is 18.4. The highest BCUT2D eigenvalue weighted by molar-refractivity contribution is 5.96. The number of carbonyl (C=O) groups is 4. The molecule has 0 spiro atoms. The maximum atomic E-state index is 13.3. The molecular weight excluding hydrogens is 743 g/mol. The fraction of sp³-hybridized carbons (Fsp3) is 0.286. The maximum Gasteiger partial charge on any atom is 0.412 e. The van der Waals surface area contributed by atoms with Crippen LogP contribution < -0.4 is 41.8 Å². The van der Waals surface area contributed by atoms with E-state index in [1.807, 2.05) is 43.0 Å². The zero-order valence-electron chi connectivity index (χ0n) is 33.6. The minimum absolute atomic E-state index is 0.0431. The van der Waals surface area contributed by atoms with Gasteiger partial charge in [-0.05, 0) is 95.4 Å². The average molecular weight is 794 g/mol. The number of amides is 3. The van der Waals surface area contributed by atoms with Gasteiger partial charge in [-0.15, -0.1) is 0 Å². The highest BCUT2D eigenvalue weighted by Crippen LogP contribution is 2.39. The molecule has 1 heterocycles. The first-order valence-electron chi connectivity index (χ1n) is 18.4. The molecule has 3 amide bonds. The van der Waals surface area contributed by atoms with Crippen LogP contribution in [-0.4, -0.2) is 79.8 Å². The Labute approximate surface area is 337 Å². The number of aldehydes is 1. The lowest BCUT2D eigenvalue weighted by Crippen LogP contribution is -2.39. The summed E-state index contributed by atoms with van der Waals surface area (Å²) >= 11 is 0. The van der Waals surface area contributed by atoms with Gasteiger partial charge in [0.25, 0.3) is 5.91 Å². The number of methoxy groups -OCH3 is 1. The molecule has 0 saturated heterocycles. The topological polar surface area (TPSA) is 218 Å². The number of benzene rings is 3. The van der Waals surface area contributed by atoms with Crippen LogP contribution in [0.4, 0.5) is 33.2 Å². The standard InChI is InChI=1S/C42H51N9O7/c1-8-51-34(19-27(2)49-51)40(54)47-26-50(38-33(45-6)21-29(25-52)22-36(38)56-7)17-10-9-16-46-37-32(43)23-30(39(44)53)24-35(37)57-18-12-14-28-13-11-15-31(20-28)48-41(55)58-42(3,4)5/h9-15,19-25,46H,6,8,16-18,26,43H2,1-5,7H3,(H2,44,53)(H,47,54)(H,48,55)/b10-9+,14-12+. The predicted octanol–water partition coefficient (Wildman–Crippen LogP) is 6.35. The van der Waals surface area contributed by atoms with Crippen molar-refractivity contribution in [2.45, 2.75) is 46.8 Å². The molecule has 0 aliphatic heterocycles. The van der Waals surface area contributed by atoms with Crippen molar-refractivity contribution >= 4 is 65.4 Å². The predicted molar refractivity (Wildman–Crippen MR) is 228 cm³/mol. The van der Waals surface area contributed by atoms with Gasteiger partial charge in [0.15, 0.2) is 0 Å². The molecule has 4 aromatic rings. The molecule has 0 fully saturated rings. The number of nitrogens with one attached hydrogen (secondary N) is 3. The summed E-state index contributed by atoms with van der Waals surface area (Å²) in [6.07, 6.45) is 7.44. The quantitative estimate of drug-likeness (QED) is 0.0232. The van der Waals surface area contributed by atoms with Crippen LogP contribution in [0.5, 0.6) is 11.5 Å². The number of nitrogens with two attached hydrogens (primary N) is 2. The molecule has 58 heavy (non-hydrogen) atoms. The highest BCUT2D eigenvalue weighted by Gasteiger charge is 2.21. The van der Waals surface area contributed by atoms with Gasteiger partial charge in [-0.1, -0.05) is 30.4 Å². The van der Waals surface area contributed by atoms with Crippen molar-refractivity contribution in [2.24, 2.45) is 10.7 Å². The number of nitrogen functional groups attached to an aromatic ring is 1. The number of nitrogens with zero attached hydrogens (tertiary/aromatic N) is 4. The van der Waals surface area contributed by atoms with E-state index in [0.717, 1.165) is 11.3 Å². The van der Waals surface area contributed by atoms with Crippen LogP contribution >= 0.6 is 0 Å². The molecule has 1 aromatic heterocycles. The number of aliphatic imine (C=N–C) groups is 1. The van der Waals surface area contributed by atoms with Gasteiger partial charge in [0.1, 0.15) is 47.1 Å². The molecule has 4 rings (SSSR count). The van der Waals surface area contributed by atoms with E-state index < -0.39 is 17.6 Å². The first-order chi connectivity index (χ1) is 27.7. The van der Waals surface area contributed by atoms with Gasteiger partial charge in [0.05, 0.1) is 30.8 Å². The average Bonchev–Trinajstić information content (AvgIpc) is 3.57. The van der Waals surface area contributed by atoms with Gasteiger partial charge in [-0.3, -0.25) is 29.4 Å². The lowest BCUT2D eigenvalue weighted by atomic mass is 10.1. The molecule has 0 saturated carbocycles. The molecule has 0 aliphatic rings. The van der Waals surface area contributed by atoms with E-state index in [1.165, 1.54) is 19.2 Å². The largest absolute Gasteiger partial charge is 0.494 e. The molecular formula is C42H51N9O7. The number of primary amides is 1. The lowest BCUT2D eigenvalue weighted by molar-refractivity contribution is 0.0635. The third-order valence-corrected chi connectivity index (χ3v) is 8.27. The zero-order valence-corrected chi connectivity index (χ0v) is 33.6. The molecule has 0 bridgehead atoms. The molecule has 16 nitrogen and oxygen atoms in total. The lowest BCUT2D eigenvalue weighted by Gasteiger charge is -2.27. The Morgan fingerprint density at radius 1 is 1.03 bits per heavy atom. The second kappa shape index (κ2) is 20.2. The Balaban J connectivity index is 1.49. The number of rotatable bonds is 19. The fourth-order valence-corrected chi connectivity index (χ4v) is 5.73. The summed E-state index contributed by atoms with van der Waals surface area (Å²) in [5.41, 5.74) is 15.9. The van der Waals surface area contributed by atoms with Crippen LogP contribution in [0.1, 0.15) is 70.2 Å². The normalized spacial score (nSPS) is 11.3. The highest BCUT2D eigenvalue weighted by atomic mass is 16.6. The van der Waals surface area contributed by atoms with Gasteiger partial charge < -0.3 is 41.2 Å². The Morgan fingerprint density at radius 3 is 2.48 bits per heavy atom. The van der Waals surface area contributed by atoms with Crippen molar-refractivity contribution in [3.63, 3.8) is 0 Å². The van der Waals surface area contributed by atoms with Crippen LogP contribution in [0, 0.1) is 6.92 Å². The van der Waals surface area contributed by atoms with Crippen molar-refractivity contribution in [3.05, 3.63) is 101 Å². The fourth-order valence-electron chi connectivity index (χ4n) is 5.73. The summed E-state index contributed by atoms with van der Waals surface area (Å²) in [7, 11) is 1.48. The Kier molecular flexibility index (Phi) is 15.2. The SMILES string of the molecule is C=Nc1cc(C=O)cc(OC)c1N(C/C=C/CNc1c(N)cc(C(N)=O)cc1OC/C=C/c1cccc(NC(=O)OC(C)(C)C)c1)CNC(=O)c1cc(C)nn1CC. The van der Waals surface area contributed by atoms with Crippen LogP contribution in [-0.2, 0) is 11.3 Å². The number of ether oxygens (including phenoxy) is 3. The van der Waals surface area contributed by atoms with E-state index in [9.17, 15) is 19.2 Å². The number of hydrogen-bond acceptors (Lipinski definition) is 12. The minimum atomic E-state index is -0.667. The summed E-state index contributed by atoms with van der Waals surface area (Å²) in [6.45, 7) is 14.0. The van der Waals surface area contributed by atoms with Crippen molar-refractivity contribution in [1.82, 2.24) is 15.1 Å². The van der Waals surface area contributed by atoms with Gasteiger partial charge in [0.2, 0.25) is 5.91 Å². The van der Waals surface area contributed by atoms with E-state index in [0.29, 0.717) is 58.3 Å². The first kappa shape index (κ1) is 43.6. The maximum absolute atomic E-state index is 13.3. The van der Waals surface area contributed by atoms with Gasteiger partial charge >= 0.3 is 6.09 Å². The Morgan fingerprint density at radius 2 is 1.81 bits per heavy atom. The zero-order chi connectivity index (χ0) is 42.4.